The third-order valence-corrected chi connectivity index (χ3v) is 3.64. The van der Waals surface area contributed by atoms with Gasteiger partial charge in [-0.2, -0.15) is 0 Å². The smallest absolute Gasteiger partial charge is 0.124 e. The van der Waals surface area contributed by atoms with Crippen LogP contribution in [0, 0.1) is 5.41 Å². The van der Waals surface area contributed by atoms with Crippen LogP contribution in [0.15, 0.2) is 36.4 Å². The van der Waals surface area contributed by atoms with Crippen molar-refractivity contribution >= 4 is 10.8 Å². The maximum absolute atomic E-state index is 5.96. The van der Waals surface area contributed by atoms with E-state index in [1.54, 1.807) is 0 Å². The van der Waals surface area contributed by atoms with E-state index in [1.807, 2.05) is 6.92 Å². The summed E-state index contributed by atoms with van der Waals surface area (Å²) in [7, 11) is 0. The van der Waals surface area contributed by atoms with Crippen molar-refractivity contribution in [3.8, 4) is 5.75 Å². The highest BCUT2D eigenvalue weighted by Crippen LogP contribution is 2.28. The molecule has 23 heavy (non-hydrogen) atoms. The van der Waals surface area contributed by atoms with Gasteiger partial charge in [-0.25, -0.2) is 0 Å². The minimum Gasteiger partial charge on any atom is -0.491 e. The van der Waals surface area contributed by atoms with Crippen molar-refractivity contribution in [2.45, 2.75) is 34.2 Å². The summed E-state index contributed by atoms with van der Waals surface area (Å²) in [6.07, 6.45) is 0. The maximum atomic E-state index is 5.96. The zero-order valence-corrected chi connectivity index (χ0v) is 14.8. The molecule has 3 nitrogen and oxygen atoms in total. The molecule has 0 atom stereocenters. The molecule has 0 radical (unpaired) electrons. The normalized spacial score (nSPS) is 11.8. The van der Waals surface area contributed by atoms with Gasteiger partial charge in [0.05, 0.1) is 6.61 Å². The summed E-state index contributed by atoms with van der Waals surface area (Å²) in [6.45, 7) is 12.4. The molecule has 0 unspecified atom stereocenters. The fourth-order valence-corrected chi connectivity index (χ4v) is 2.55. The van der Waals surface area contributed by atoms with Crippen molar-refractivity contribution in [3.05, 3.63) is 42.0 Å². The van der Waals surface area contributed by atoms with Crippen molar-refractivity contribution in [3.63, 3.8) is 0 Å². The van der Waals surface area contributed by atoms with E-state index in [-0.39, 0.29) is 5.41 Å². The lowest BCUT2D eigenvalue weighted by molar-refractivity contribution is 0.110. The topological polar surface area (TPSA) is 30.5 Å². The van der Waals surface area contributed by atoms with E-state index < -0.39 is 0 Å². The first kappa shape index (κ1) is 17.8. The number of rotatable bonds is 8. The van der Waals surface area contributed by atoms with Crippen LogP contribution in [0.2, 0.25) is 0 Å². The second-order valence-electron chi connectivity index (χ2n) is 6.97. The van der Waals surface area contributed by atoms with E-state index in [1.165, 1.54) is 16.3 Å². The Balaban J connectivity index is 2.17. The van der Waals surface area contributed by atoms with Gasteiger partial charge in [-0.15, -0.1) is 0 Å². The molecule has 0 heterocycles. The molecule has 3 heteroatoms. The van der Waals surface area contributed by atoms with Crippen LogP contribution >= 0.6 is 0 Å². The van der Waals surface area contributed by atoms with Gasteiger partial charge in [-0.1, -0.05) is 51.1 Å². The fraction of sp³-hybridized carbons (Fsp3) is 0.500. The van der Waals surface area contributed by atoms with E-state index in [2.05, 4.69) is 62.5 Å². The Morgan fingerprint density at radius 3 is 2.52 bits per heavy atom. The second kappa shape index (κ2) is 8.32. The molecule has 2 aromatic carbocycles. The summed E-state index contributed by atoms with van der Waals surface area (Å²) in [5.41, 5.74) is 1.49. The lowest BCUT2D eigenvalue weighted by Crippen LogP contribution is -2.26. The van der Waals surface area contributed by atoms with Crippen molar-refractivity contribution in [2.24, 2.45) is 5.41 Å². The molecule has 0 aliphatic rings. The molecule has 0 saturated carbocycles. The van der Waals surface area contributed by atoms with Gasteiger partial charge in [-0.3, -0.25) is 0 Å². The number of benzene rings is 2. The molecule has 0 aliphatic heterocycles. The minimum atomic E-state index is 0.264. The van der Waals surface area contributed by atoms with E-state index >= 15 is 0 Å². The first-order valence-corrected chi connectivity index (χ1v) is 8.43. The fourth-order valence-electron chi connectivity index (χ4n) is 2.55. The largest absolute Gasteiger partial charge is 0.491 e. The molecule has 0 fully saturated rings. The zero-order chi connectivity index (χ0) is 16.7. The predicted molar refractivity (Wildman–Crippen MR) is 97.1 cm³/mol. The Labute approximate surface area is 140 Å². The van der Waals surface area contributed by atoms with E-state index in [9.17, 15) is 0 Å². The number of nitrogens with one attached hydrogen (secondary N) is 1. The van der Waals surface area contributed by atoms with Crippen LogP contribution in [0.5, 0.6) is 5.75 Å². The Hall–Kier alpha value is -1.58. The molecule has 0 bridgehead atoms. The quantitative estimate of drug-likeness (QED) is 0.733. The molecule has 0 spiro atoms. The third kappa shape index (κ3) is 5.52. The molecule has 1 N–H and O–H groups in total. The maximum Gasteiger partial charge on any atom is 0.124 e. The van der Waals surface area contributed by atoms with E-state index in [0.717, 1.165) is 25.4 Å². The molecule has 0 aliphatic carbocycles. The molecular weight excluding hydrogens is 286 g/mol. The predicted octanol–water partition coefficient (Wildman–Crippen LogP) is 4.39. The van der Waals surface area contributed by atoms with E-state index in [0.29, 0.717) is 13.2 Å². The van der Waals surface area contributed by atoms with Gasteiger partial charge in [0.15, 0.2) is 0 Å². The van der Waals surface area contributed by atoms with Gasteiger partial charge < -0.3 is 14.8 Å². The van der Waals surface area contributed by atoms with Gasteiger partial charge in [0.2, 0.25) is 0 Å². The van der Waals surface area contributed by atoms with Crippen LogP contribution in [-0.2, 0) is 11.3 Å². The summed E-state index contributed by atoms with van der Waals surface area (Å²) in [6, 6.07) is 12.7. The van der Waals surface area contributed by atoms with Crippen LogP contribution in [0.1, 0.15) is 33.3 Å². The van der Waals surface area contributed by atoms with Crippen molar-refractivity contribution in [1.29, 1.82) is 0 Å². The highest BCUT2D eigenvalue weighted by atomic mass is 16.5. The van der Waals surface area contributed by atoms with Gasteiger partial charge in [0.1, 0.15) is 12.4 Å². The molecule has 0 amide bonds. The monoisotopic (exact) mass is 315 g/mol. The standard InChI is InChI=1S/C20H29NO2/c1-5-22-12-13-23-19-11-10-16-8-6-7-9-17(16)18(19)14-21-15-20(2,3)4/h6-11,21H,5,12-15H2,1-4H3. The number of hydrogen-bond donors (Lipinski definition) is 1. The summed E-state index contributed by atoms with van der Waals surface area (Å²) in [4.78, 5) is 0. The van der Waals surface area contributed by atoms with Crippen molar-refractivity contribution in [2.75, 3.05) is 26.4 Å². The van der Waals surface area contributed by atoms with Crippen LogP contribution in [0.4, 0.5) is 0 Å². The van der Waals surface area contributed by atoms with Crippen LogP contribution in [0.3, 0.4) is 0 Å². The summed E-state index contributed by atoms with van der Waals surface area (Å²) < 4.78 is 11.3. The first-order valence-electron chi connectivity index (χ1n) is 8.43. The molecule has 0 aromatic heterocycles. The third-order valence-electron chi connectivity index (χ3n) is 3.64. The van der Waals surface area contributed by atoms with Crippen LogP contribution in [-0.4, -0.2) is 26.4 Å². The first-order chi connectivity index (χ1) is 11.0. The molecule has 126 valence electrons. The van der Waals surface area contributed by atoms with Gasteiger partial charge >= 0.3 is 0 Å². The number of fused-ring (bicyclic) bond motifs is 1. The number of ether oxygens (including phenoxy) is 2. The van der Waals surface area contributed by atoms with Crippen molar-refractivity contribution in [1.82, 2.24) is 5.32 Å². The molecular formula is C20H29NO2. The Bertz CT molecular complexity index is 617. The van der Waals surface area contributed by atoms with Crippen molar-refractivity contribution < 1.29 is 9.47 Å². The SMILES string of the molecule is CCOCCOc1ccc2ccccc2c1CNCC(C)(C)C. The molecule has 2 aromatic rings. The zero-order valence-electron chi connectivity index (χ0n) is 14.8. The minimum absolute atomic E-state index is 0.264. The summed E-state index contributed by atoms with van der Waals surface area (Å²) >= 11 is 0. The Morgan fingerprint density at radius 2 is 1.78 bits per heavy atom. The number of hydrogen-bond acceptors (Lipinski definition) is 3. The highest BCUT2D eigenvalue weighted by Gasteiger charge is 2.12. The summed E-state index contributed by atoms with van der Waals surface area (Å²) in [5, 5.41) is 6.06. The second-order valence-corrected chi connectivity index (χ2v) is 6.97. The lowest BCUT2D eigenvalue weighted by Gasteiger charge is -2.20. The Morgan fingerprint density at radius 1 is 1.00 bits per heavy atom. The van der Waals surface area contributed by atoms with Gasteiger partial charge in [0.25, 0.3) is 0 Å². The average Bonchev–Trinajstić information content (AvgIpc) is 2.51. The van der Waals surface area contributed by atoms with Gasteiger partial charge in [-0.05, 0) is 29.2 Å². The lowest BCUT2D eigenvalue weighted by atomic mass is 9.96. The Kier molecular flexibility index (Phi) is 6.43. The molecule has 2 rings (SSSR count). The van der Waals surface area contributed by atoms with Gasteiger partial charge in [0, 0.05) is 25.3 Å². The van der Waals surface area contributed by atoms with Crippen LogP contribution < -0.4 is 10.1 Å². The highest BCUT2D eigenvalue weighted by molar-refractivity contribution is 5.87. The van der Waals surface area contributed by atoms with Crippen LogP contribution in [0.25, 0.3) is 10.8 Å². The average molecular weight is 315 g/mol. The molecule has 0 saturated heterocycles. The van der Waals surface area contributed by atoms with E-state index in [4.69, 9.17) is 9.47 Å². The summed E-state index contributed by atoms with van der Waals surface area (Å²) in [5.74, 6) is 0.949.